The molecule has 0 radical (unpaired) electrons. The summed E-state index contributed by atoms with van der Waals surface area (Å²) in [4.78, 5) is 11.1. The molecule has 3 unspecified atom stereocenters. The summed E-state index contributed by atoms with van der Waals surface area (Å²) in [5.74, 6) is -0.0493. The number of rotatable bonds is 4. The summed E-state index contributed by atoms with van der Waals surface area (Å²) < 4.78 is 33.1. The smallest absolute Gasteiger partial charge is 0.340 e. The molecule has 6 nitrogen and oxygen atoms in total. The molecule has 1 aromatic heterocycles. The van der Waals surface area contributed by atoms with Gasteiger partial charge in [-0.3, -0.25) is 0 Å². The molecule has 1 heterocycles. The van der Waals surface area contributed by atoms with Crippen molar-refractivity contribution in [1.29, 1.82) is 0 Å². The van der Waals surface area contributed by atoms with E-state index in [1.54, 1.807) is 0 Å². The normalized spacial score (nSPS) is 28.2. The van der Waals surface area contributed by atoms with Crippen molar-refractivity contribution >= 4 is 16.0 Å². The first kappa shape index (κ1) is 14.6. The zero-order valence-electron chi connectivity index (χ0n) is 12.0. The van der Waals surface area contributed by atoms with E-state index >= 15 is 0 Å². The van der Waals surface area contributed by atoms with Gasteiger partial charge in [-0.25, -0.2) is 17.9 Å². The third-order valence-corrected chi connectivity index (χ3v) is 6.37. The maximum Gasteiger partial charge on any atom is 0.340 e. The van der Waals surface area contributed by atoms with E-state index in [0.29, 0.717) is 11.8 Å². The fraction of sp³-hybridized carbons (Fsp3) is 0.643. The molecule has 3 atom stereocenters. The van der Waals surface area contributed by atoms with E-state index in [1.807, 2.05) is 0 Å². The minimum atomic E-state index is -3.88. The monoisotopic (exact) mass is 313 g/mol. The number of carboxylic acid groups (broad SMARTS) is 1. The quantitative estimate of drug-likeness (QED) is 0.887. The van der Waals surface area contributed by atoms with Gasteiger partial charge in [0.2, 0.25) is 10.0 Å². The van der Waals surface area contributed by atoms with E-state index in [-0.39, 0.29) is 28.0 Å². The van der Waals surface area contributed by atoms with Crippen LogP contribution in [0, 0.1) is 25.7 Å². The maximum atomic E-state index is 12.6. The lowest BCUT2D eigenvalue weighted by Crippen LogP contribution is -2.39. The van der Waals surface area contributed by atoms with Crippen molar-refractivity contribution in [2.75, 3.05) is 0 Å². The first-order valence-electron chi connectivity index (χ1n) is 7.15. The third kappa shape index (κ3) is 2.38. The Morgan fingerprint density at radius 2 is 1.95 bits per heavy atom. The molecule has 0 saturated heterocycles. The van der Waals surface area contributed by atoms with Crippen LogP contribution in [0.5, 0.6) is 0 Å². The van der Waals surface area contributed by atoms with Crippen LogP contribution in [0.25, 0.3) is 0 Å². The standard InChI is InChI=1S/C14H19NO5S/c1-7-12(14(16)17)13(8(2)20-7)21(18,19)15-11-6-9-3-4-10(11)5-9/h9-11,15H,3-6H2,1-2H3,(H,16,17). The van der Waals surface area contributed by atoms with E-state index in [0.717, 1.165) is 19.3 Å². The Balaban J connectivity index is 1.94. The van der Waals surface area contributed by atoms with Crippen molar-refractivity contribution in [3.8, 4) is 0 Å². The van der Waals surface area contributed by atoms with Gasteiger partial charge >= 0.3 is 5.97 Å². The molecule has 0 aromatic carbocycles. The summed E-state index contributed by atoms with van der Waals surface area (Å²) >= 11 is 0. The highest BCUT2D eigenvalue weighted by Gasteiger charge is 2.42. The largest absolute Gasteiger partial charge is 0.478 e. The summed E-state index contributed by atoms with van der Waals surface area (Å²) in [6, 6.07) is -0.0787. The summed E-state index contributed by atoms with van der Waals surface area (Å²) in [6.45, 7) is 2.95. The fourth-order valence-corrected chi connectivity index (χ4v) is 5.61. The number of furan rings is 1. The van der Waals surface area contributed by atoms with E-state index in [1.165, 1.54) is 20.3 Å². The third-order valence-electron chi connectivity index (χ3n) is 4.73. The highest BCUT2D eigenvalue weighted by Crippen LogP contribution is 2.45. The number of hydrogen-bond acceptors (Lipinski definition) is 4. The molecule has 7 heteroatoms. The molecule has 2 aliphatic rings. The molecule has 21 heavy (non-hydrogen) atoms. The molecule has 0 amide bonds. The van der Waals surface area contributed by atoms with Gasteiger partial charge < -0.3 is 9.52 Å². The first-order valence-corrected chi connectivity index (χ1v) is 8.63. The Morgan fingerprint density at radius 1 is 1.24 bits per heavy atom. The predicted molar refractivity (Wildman–Crippen MR) is 74.7 cm³/mol. The van der Waals surface area contributed by atoms with Crippen molar-refractivity contribution in [3.05, 3.63) is 17.1 Å². The molecule has 116 valence electrons. The van der Waals surface area contributed by atoms with Gasteiger partial charge in [0, 0.05) is 6.04 Å². The van der Waals surface area contributed by atoms with E-state index in [2.05, 4.69) is 4.72 Å². The second-order valence-corrected chi connectivity index (χ2v) is 7.78. The number of fused-ring (bicyclic) bond motifs is 2. The fourth-order valence-electron chi connectivity index (χ4n) is 3.88. The minimum Gasteiger partial charge on any atom is -0.478 e. The van der Waals surface area contributed by atoms with Crippen LogP contribution in [0.1, 0.15) is 47.6 Å². The SMILES string of the molecule is Cc1oc(C)c(S(=O)(=O)NC2CC3CCC2C3)c1C(=O)O. The van der Waals surface area contributed by atoms with Gasteiger partial charge in [0.1, 0.15) is 22.0 Å². The van der Waals surface area contributed by atoms with Crippen LogP contribution in [0.4, 0.5) is 0 Å². The molecule has 2 fully saturated rings. The molecule has 2 aliphatic carbocycles. The number of aryl methyl sites for hydroxylation is 2. The predicted octanol–water partition coefficient (Wildman–Crippen LogP) is 2.06. The van der Waals surface area contributed by atoms with Gasteiger partial charge in [0.15, 0.2) is 0 Å². The summed E-state index contributed by atoms with van der Waals surface area (Å²) in [5.41, 5.74) is -0.261. The lowest BCUT2D eigenvalue weighted by Gasteiger charge is -2.22. The first-order chi connectivity index (χ1) is 9.79. The molecule has 3 rings (SSSR count). The molecular formula is C14H19NO5S. The molecular weight excluding hydrogens is 294 g/mol. The molecule has 2 N–H and O–H groups in total. The summed E-state index contributed by atoms with van der Waals surface area (Å²) in [7, 11) is -3.88. The van der Waals surface area contributed by atoms with Crippen LogP contribution in [0.2, 0.25) is 0 Å². The highest BCUT2D eigenvalue weighted by atomic mass is 32.2. The minimum absolute atomic E-state index is 0.0787. The van der Waals surface area contributed by atoms with Crippen molar-refractivity contribution < 1.29 is 22.7 Å². The molecule has 2 saturated carbocycles. The van der Waals surface area contributed by atoms with Gasteiger partial charge in [-0.15, -0.1) is 0 Å². The Bertz CT molecular complexity index is 690. The number of hydrogen-bond donors (Lipinski definition) is 2. The topological polar surface area (TPSA) is 96.6 Å². The number of carboxylic acids is 1. The molecule has 1 aromatic rings. The Kier molecular flexibility index (Phi) is 3.37. The van der Waals surface area contributed by atoms with Crippen molar-refractivity contribution in [2.45, 2.75) is 50.5 Å². The van der Waals surface area contributed by atoms with Crippen LogP contribution < -0.4 is 4.72 Å². The van der Waals surface area contributed by atoms with Crippen LogP contribution in [0.3, 0.4) is 0 Å². The van der Waals surface area contributed by atoms with Gasteiger partial charge in [-0.05, 0) is 44.9 Å². The second kappa shape index (κ2) is 4.84. The number of nitrogens with one attached hydrogen (secondary N) is 1. The van der Waals surface area contributed by atoms with E-state index < -0.39 is 16.0 Å². The van der Waals surface area contributed by atoms with Crippen LogP contribution in [-0.4, -0.2) is 25.5 Å². The number of carbonyl (C=O) groups is 1. The van der Waals surface area contributed by atoms with Crippen molar-refractivity contribution in [1.82, 2.24) is 4.72 Å². The lowest BCUT2D eigenvalue weighted by molar-refractivity contribution is 0.0691. The van der Waals surface area contributed by atoms with Crippen LogP contribution >= 0.6 is 0 Å². The molecule has 0 spiro atoms. The lowest BCUT2D eigenvalue weighted by atomic mass is 9.96. The van der Waals surface area contributed by atoms with E-state index in [9.17, 15) is 18.3 Å². The van der Waals surface area contributed by atoms with Crippen molar-refractivity contribution in [3.63, 3.8) is 0 Å². The van der Waals surface area contributed by atoms with Gasteiger partial charge in [0.25, 0.3) is 0 Å². The number of sulfonamides is 1. The van der Waals surface area contributed by atoms with Crippen molar-refractivity contribution in [2.24, 2.45) is 11.8 Å². The summed E-state index contributed by atoms with van der Waals surface area (Å²) in [6.07, 6.45) is 4.14. The zero-order chi connectivity index (χ0) is 15.4. The average molecular weight is 313 g/mol. The van der Waals surface area contributed by atoms with Gasteiger partial charge in [-0.1, -0.05) is 6.42 Å². The zero-order valence-corrected chi connectivity index (χ0v) is 12.9. The maximum absolute atomic E-state index is 12.6. The summed E-state index contributed by atoms with van der Waals surface area (Å²) in [5, 5.41) is 9.24. The van der Waals surface area contributed by atoms with Crippen LogP contribution in [0.15, 0.2) is 9.31 Å². The second-order valence-electron chi connectivity index (χ2n) is 6.13. The van der Waals surface area contributed by atoms with E-state index in [4.69, 9.17) is 4.42 Å². The number of aromatic carboxylic acids is 1. The Labute approximate surface area is 123 Å². The van der Waals surface area contributed by atoms with Crippen LogP contribution in [-0.2, 0) is 10.0 Å². The molecule has 0 aliphatic heterocycles. The Morgan fingerprint density at radius 3 is 2.48 bits per heavy atom. The van der Waals surface area contributed by atoms with Gasteiger partial charge in [0.05, 0.1) is 0 Å². The van der Waals surface area contributed by atoms with Gasteiger partial charge in [-0.2, -0.15) is 0 Å². The average Bonchev–Trinajstić information content (AvgIpc) is 3.02. The Hall–Kier alpha value is -1.34. The molecule has 2 bridgehead atoms. The highest BCUT2D eigenvalue weighted by molar-refractivity contribution is 7.89.